The minimum atomic E-state index is -0.336. The van der Waals surface area contributed by atoms with Crippen molar-refractivity contribution >= 4 is 35.0 Å². The van der Waals surface area contributed by atoms with Gasteiger partial charge in [-0.25, -0.2) is 4.79 Å². The zero-order valence-corrected chi connectivity index (χ0v) is 15.8. The quantitative estimate of drug-likeness (QED) is 0.868. The Bertz CT molecular complexity index is 805. The SMILES string of the molecule is CCOC(=O)N1CCN(C(=O)c2cc(Nc3ccc(Cl)cc3)ccn2)CC1. The van der Waals surface area contributed by atoms with Crippen LogP contribution in [-0.2, 0) is 4.74 Å². The number of nitrogens with one attached hydrogen (secondary N) is 1. The van der Waals surface area contributed by atoms with Gasteiger partial charge < -0.3 is 19.9 Å². The molecule has 0 saturated carbocycles. The van der Waals surface area contributed by atoms with E-state index in [1.165, 1.54) is 0 Å². The Balaban J connectivity index is 1.62. The fourth-order valence-electron chi connectivity index (χ4n) is 2.79. The summed E-state index contributed by atoms with van der Waals surface area (Å²) in [5.41, 5.74) is 1.99. The first-order valence-electron chi connectivity index (χ1n) is 8.76. The van der Waals surface area contributed by atoms with Gasteiger partial charge in [0, 0.05) is 48.8 Å². The van der Waals surface area contributed by atoms with Crippen LogP contribution in [-0.4, -0.2) is 59.6 Å². The van der Waals surface area contributed by atoms with Gasteiger partial charge in [0.15, 0.2) is 0 Å². The van der Waals surface area contributed by atoms with Gasteiger partial charge in [-0.15, -0.1) is 0 Å². The second-order valence-electron chi connectivity index (χ2n) is 6.04. The lowest BCUT2D eigenvalue weighted by Gasteiger charge is -2.33. The summed E-state index contributed by atoms with van der Waals surface area (Å²) in [6.45, 7) is 3.92. The lowest BCUT2D eigenvalue weighted by Crippen LogP contribution is -2.50. The topological polar surface area (TPSA) is 74.8 Å². The number of hydrogen-bond donors (Lipinski definition) is 1. The molecule has 1 aromatic heterocycles. The summed E-state index contributed by atoms with van der Waals surface area (Å²) in [4.78, 5) is 32.0. The number of carbonyl (C=O) groups is 2. The number of amides is 2. The van der Waals surface area contributed by atoms with Gasteiger partial charge in [-0.1, -0.05) is 11.6 Å². The third-order valence-corrected chi connectivity index (χ3v) is 4.46. The lowest BCUT2D eigenvalue weighted by atomic mass is 10.2. The van der Waals surface area contributed by atoms with Crippen molar-refractivity contribution in [3.05, 3.63) is 53.3 Å². The summed E-state index contributed by atoms with van der Waals surface area (Å²) in [6, 6.07) is 10.8. The van der Waals surface area contributed by atoms with Gasteiger partial charge in [-0.3, -0.25) is 9.78 Å². The summed E-state index contributed by atoms with van der Waals surface area (Å²) in [7, 11) is 0. The normalized spacial score (nSPS) is 14.0. The van der Waals surface area contributed by atoms with Crippen LogP contribution in [0.25, 0.3) is 0 Å². The number of halogens is 1. The van der Waals surface area contributed by atoms with Crippen molar-refractivity contribution in [1.82, 2.24) is 14.8 Å². The molecule has 0 aliphatic carbocycles. The summed E-state index contributed by atoms with van der Waals surface area (Å²) >= 11 is 5.89. The average Bonchev–Trinajstić information content (AvgIpc) is 2.70. The highest BCUT2D eigenvalue weighted by Gasteiger charge is 2.26. The third kappa shape index (κ3) is 4.89. The maximum absolute atomic E-state index is 12.7. The summed E-state index contributed by atoms with van der Waals surface area (Å²) < 4.78 is 5.00. The molecule has 0 unspecified atom stereocenters. The molecule has 0 atom stereocenters. The number of carbonyl (C=O) groups excluding carboxylic acids is 2. The van der Waals surface area contributed by atoms with Crippen molar-refractivity contribution < 1.29 is 14.3 Å². The van der Waals surface area contributed by atoms with E-state index in [0.29, 0.717) is 43.5 Å². The number of nitrogens with zero attached hydrogens (tertiary/aromatic N) is 3. The Morgan fingerprint density at radius 1 is 1.07 bits per heavy atom. The number of anilines is 2. The molecule has 1 saturated heterocycles. The smallest absolute Gasteiger partial charge is 0.409 e. The van der Waals surface area contributed by atoms with Crippen molar-refractivity contribution in [3.8, 4) is 0 Å². The Hall–Kier alpha value is -2.80. The minimum Gasteiger partial charge on any atom is -0.450 e. The van der Waals surface area contributed by atoms with Crippen molar-refractivity contribution in [1.29, 1.82) is 0 Å². The molecule has 1 aliphatic heterocycles. The van der Waals surface area contributed by atoms with E-state index in [2.05, 4.69) is 10.3 Å². The zero-order chi connectivity index (χ0) is 19.2. The second kappa shape index (κ2) is 8.73. The molecule has 0 spiro atoms. The number of pyridine rings is 1. The molecule has 2 heterocycles. The predicted molar refractivity (Wildman–Crippen MR) is 103 cm³/mol. The average molecular weight is 389 g/mol. The molecule has 1 aliphatic rings. The molecular weight excluding hydrogens is 368 g/mol. The molecular formula is C19H21ClN4O3. The van der Waals surface area contributed by atoms with Crippen molar-refractivity contribution in [2.45, 2.75) is 6.92 Å². The standard InChI is InChI=1S/C19H21ClN4O3/c1-2-27-19(26)24-11-9-23(10-12-24)18(25)17-13-16(7-8-21-17)22-15-5-3-14(20)4-6-15/h3-8,13H,2,9-12H2,1H3,(H,21,22). The number of aromatic nitrogens is 1. The number of rotatable bonds is 4. The maximum atomic E-state index is 12.7. The molecule has 2 amide bonds. The van der Waals surface area contributed by atoms with Gasteiger partial charge in [0.25, 0.3) is 5.91 Å². The number of benzene rings is 1. The highest BCUT2D eigenvalue weighted by Crippen LogP contribution is 2.20. The first-order chi connectivity index (χ1) is 13.1. The maximum Gasteiger partial charge on any atom is 0.409 e. The molecule has 0 radical (unpaired) electrons. The van der Waals surface area contributed by atoms with E-state index in [1.807, 2.05) is 12.1 Å². The monoisotopic (exact) mass is 388 g/mol. The van der Waals surface area contributed by atoms with Gasteiger partial charge in [0.1, 0.15) is 5.69 Å². The molecule has 3 rings (SSSR count). The minimum absolute atomic E-state index is 0.154. The van der Waals surface area contributed by atoms with E-state index < -0.39 is 0 Å². The lowest BCUT2D eigenvalue weighted by molar-refractivity contribution is 0.0566. The Morgan fingerprint density at radius 3 is 2.41 bits per heavy atom. The van der Waals surface area contributed by atoms with Gasteiger partial charge in [0.05, 0.1) is 6.61 Å². The van der Waals surface area contributed by atoms with Crippen LogP contribution >= 0.6 is 11.6 Å². The molecule has 0 bridgehead atoms. The molecule has 1 aromatic carbocycles. The van der Waals surface area contributed by atoms with E-state index >= 15 is 0 Å². The number of ether oxygens (including phenoxy) is 1. The number of hydrogen-bond acceptors (Lipinski definition) is 5. The first kappa shape index (κ1) is 19.0. The van der Waals surface area contributed by atoms with E-state index in [4.69, 9.17) is 16.3 Å². The van der Waals surface area contributed by atoms with E-state index in [1.54, 1.807) is 47.2 Å². The summed E-state index contributed by atoms with van der Waals surface area (Å²) in [5, 5.41) is 3.89. The van der Waals surface area contributed by atoms with E-state index in [-0.39, 0.29) is 12.0 Å². The third-order valence-electron chi connectivity index (χ3n) is 4.20. The van der Waals surface area contributed by atoms with E-state index in [0.717, 1.165) is 11.4 Å². The van der Waals surface area contributed by atoms with Crippen molar-refractivity contribution in [3.63, 3.8) is 0 Å². The largest absolute Gasteiger partial charge is 0.450 e. The van der Waals surface area contributed by atoms with E-state index in [9.17, 15) is 9.59 Å². The van der Waals surface area contributed by atoms with Gasteiger partial charge in [-0.05, 0) is 43.3 Å². The van der Waals surface area contributed by atoms with Crippen LogP contribution < -0.4 is 5.32 Å². The van der Waals surface area contributed by atoms with Crippen LogP contribution in [0, 0.1) is 0 Å². The molecule has 142 valence electrons. The molecule has 1 fully saturated rings. The molecule has 1 N–H and O–H groups in total. The van der Waals surface area contributed by atoms with Gasteiger partial charge in [-0.2, -0.15) is 0 Å². The van der Waals surface area contributed by atoms with Crippen LogP contribution in [0.3, 0.4) is 0 Å². The van der Waals surface area contributed by atoms with Crippen LogP contribution in [0.4, 0.5) is 16.2 Å². The zero-order valence-electron chi connectivity index (χ0n) is 15.0. The second-order valence-corrected chi connectivity index (χ2v) is 6.48. The highest BCUT2D eigenvalue weighted by molar-refractivity contribution is 6.30. The van der Waals surface area contributed by atoms with Crippen LogP contribution in [0.2, 0.25) is 5.02 Å². The Labute approximate surface area is 162 Å². The van der Waals surface area contributed by atoms with Crippen molar-refractivity contribution in [2.75, 3.05) is 38.1 Å². The van der Waals surface area contributed by atoms with Crippen LogP contribution in [0.15, 0.2) is 42.6 Å². The number of piperazine rings is 1. The summed E-state index contributed by atoms with van der Waals surface area (Å²) in [6.07, 6.45) is 1.26. The highest BCUT2D eigenvalue weighted by atomic mass is 35.5. The van der Waals surface area contributed by atoms with Gasteiger partial charge >= 0.3 is 6.09 Å². The fourth-order valence-corrected chi connectivity index (χ4v) is 2.92. The molecule has 2 aromatic rings. The van der Waals surface area contributed by atoms with Gasteiger partial charge in [0.2, 0.25) is 0 Å². The fraction of sp³-hybridized carbons (Fsp3) is 0.316. The molecule has 7 nitrogen and oxygen atoms in total. The van der Waals surface area contributed by atoms with Crippen molar-refractivity contribution in [2.24, 2.45) is 0 Å². The van der Waals surface area contributed by atoms with Crippen LogP contribution in [0.5, 0.6) is 0 Å². The molecule has 8 heteroatoms. The summed E-state index contributed by atoms with van der Waals surface area (Å²) in [5.74, 6) is -0.154. The Morgan fingerprint density at radius 2 is 1.74 bits per heavy atom. The predicted octanol–water partition coefficient (Wildman–Crippen LogP) is 3.39. The Kier molecular flexibility index (Phi) is 6.13. The molecule has 27 heavy (non-hydrogen) atoms. The first-order valence-corrected chi connectivity index (χ1v) is 9.14. The van der Waals surface area contributed by atoms with Crippen LogP contribution in [0.1, 0.15) is 17.4 Å².